The van der Waals surface area contributed by atoms with Gasteiger partial charge in [-0.3, -0.25) is 4.79 Å². The van der Waals surface area contributed by atoms with Gasteiger partial charge in [-0.15, -0.1) is 12.4 Å². The van der Waals surface area contributed by atoms with Gasteiger partial charge in [-0.05, 0) is 50.9 Å². The molecular formula is C16H26ClF3N2O. The van der Waals surface area contributed by atoms with Gasteiger partial charge in [0, 0.05) is 24.5 Å². The van der Waals surface area contributed by atoms with Gasteiger partial charge >= 0.3 is 6.18 Å². The summed E-state index contributed by atoms with van der Waals surface area (Å²) in [5.74, 6) is -0.916. The molecule has 23 heavy (non-hydrogen) atoms. The van der Waals surface area contributed by atoms with E-state index in [9.17, 15) is 18.0 Å². The topological polar surface area (TPSA) is 41.1 Å². The van der Waals surface area contributed by atoms with E-state index in [0.29, 0.717) is 37.3 Å². The highest BCUT2D eigenvalue weighted by Crippen LogP contribution is 2.38. The Labute approximate surface area is 141 Å². The lowest BCUT2D eigenvalue weighted by molar-refractivity contribution is -0.184. The van der Waals surface area contributed by atoms with E-state index in [2.05, 4.69) is 10.6 Å². The smallest absolute Gasteiger partial charge is 0.353 e. The minimum Gasteiger partial charge on any atom is -0.353 e. The highest BCUT2D eigenvalue weighted by molar-refractivity contribution is 5.85. The number of amides is 1. The standard InChI is InChI=1S/C16H25F3N2O.ClH/c17-16(18,19)11-2-1-3-12(9-11)21-15(22)8-10-6-13-4-5-14(7-10)20-13;/h10-14,20H,1-9H2,(H,21,22);1H. The molecule has 2 heterocycles. The Bertz CT molecular complexity index is 407. The minimum atomic E-state index is -4.13. The van der Waals surface area contributed by atoms with Gasteiger partial charge in [-0.2, -0.15) is 13.2 Å². The molecule has 4 unspecified atom stereocenters. The van der Waals surface area contributed by atoms with Gasteiger partial charge in [-0.25, -0.2) is 0 Å². The van der Waals surface area contributed by atoms with Crippen LogP contribution in [-0.4, -0.2) is 30.2 Å². The lowest BCUT2D eigenvalue weighted by Crippen LogP contribution is -2.43. The molecule has 0 radical (unpaired) electrons. The molecular weight excluding hydrogens is 329 g/mol. The fraction of sp³-hybridized carbons (Fsp3) is 0.938. The number of carbonyl (C=O) groups is 1. The molecule has 2 bridgehead atoms. The third-order valence-corrected chi connectivity index (χ3v) is 5.55. The van der Waals surface area contributed by atoms with E-state index >= 15 is 0 Å². The van der Waals surface area contributed by atoms with Crippen LogP contribution >= 0.6 is 12.4 Å². The Morgan fingerprint density at radius 1 is 1.04 bits per heavy atom. The van der Waals surface area contributed by atoms with Gasteiger partial charge < -0.3 is 10.6 Å². The third-order valence-electron chi connectivity index (χ3n) is 5.55. The molecule has 2 saturated heterocycles. The second kappa shape index (κ2) is 7.60. The first-order valence-electron chi connectivity index (χ1n) is 8.52. The first-order valence-corrected chi connectivity index (χ1v) is 8.52. The highest BCUT2D eigenvalue weighted by atomic mass is 35.5. The van der Waals surface area contributed by atoms with E-state index in [1.165, 1.54) is 12.8 Å². The minimum absolute atomic E-state index is 0. The predicted octanol–water partition coefficient (Wildman–Crippen LogP) is 3.57. The molecule has 1 saturated carbocycles. The quantitative estimate of drug-likeness (QED) is 0.813. The average Bonchev–Trinajstić information content (AvgIpc) is 2.77. The number of rotatable bonds is 3. The van der Waals surface area contributed by atoms with Crippen molar-refractivity contribution in [2.45, 2.75) is 82.1 Å². The summed E-state index contributed by atoms with van der Waals surface area (Å²) in [6.45, 7) is 0. The molecule has 4 atom stereocenters. The molecule has 0 aromatic heterocycles. The van der Waals surface area contributed by atoms with Crippen LogP contribution in [0.5, 0.6) is 0 Å². The Hall–Kier alpha value is -0.490. The highest BCUT2D eigenvalue weighted by Gasteiger charge is 2.42. The number of piperidine rings is 1. The van der Waals surface area contributed by atoms with Crippen molar-refractivity contribution in [3.05, 3.63) is 0 Å². The molecule has 2 N–H and O–H groups in total. The molecule has 0 aromatic rings. The van der Waals surface area contributed by atoms with Gasteiger partial charge in [0.15, 0.2) is 0 Å². The molecule has 3 fully saturated rings. The normalized spacial score (nSPS) is 37.1. The van der Waals surface area contributed by atoms with Crippen LogP contribution in [0, 0.1) is 11.8 Å². The average molecular weight is 355 g/mol. The van der Waals surface area contributed by atoms with Crippen molar-refractivity contribution in [1.82, 2.24) is 10.6 Å². The van der Waals surface area contributed by atoms with Gasteiger partial charge in [0.25, 0.3) is 0 Å². The van der Waals surface area contributed by atoms with Gasteiger partial charge in [0.05, 0.1) is 5.92 Å². The second-order valence-electron chi connectivity index (χ2n) is 7.35. The first-order chi connectivity index (χ1) is 10.4. The molecule has 0 aromatic carbocycles. The molecule has 1 aliphatic carbocycles. The summed E-state index contributed by atoms with van der Waals surface area (Å²) in [4.78, 5) is 12.2. The molecule has 2 aliphatic heterocycles. The maximum absolute atomic E-state index is 12.8. The van der Waals surface area contributed by atoms with Gasteiger partial charge in [0.2, 0.25) is 5.91 Å². The zero-order valence-electron chi connectivity index (χ0n) is 13.2. The lowest BCUT2D eigenvalue weighted by atomic mass is 9.84. The zero-order valence-corrected chi connectivity index (χ0v) is 14.0. The van der Waals surface area contributed by atoms with E-state index in [4.69, 9.17) is 0 Å². The molecule has 1 amide bonds. The van der Waals surface area contributed by atoms with Crippen LogP contribution in [0.2, 0.25) is 0 Å². The van der Waals surface area contributed by atoms with Gasteiger partial charge in [-0.1, -0.05) is 6.42 Å². The molecule has 3 rings (SSSR count). The summed E-state index contributed by atoms with van der Waals surface area (Å²) >= 11 is 0. The monoisotopic (exact) mass is 354 g/mol. The number of carbonyl (C=O) groups excluding carboxylic acids is 1. The van der Waals surface area contributed by atoms with Crippen LogP contribution in [-0.2, 0) is 4.79 Å². The number of halogens is 4. The number of hydrogen-bond donors (Lipinski definition) is 2. The van der Waals surface area contributed by atoms with Crippen LogP contribution in [0.4, 0.5) is 13.2 Å². The molecule has 0 spiro atoms. The molecule has 134 valence electrons. The zero-order chi connectivity index (χ0) is 15.7. The van der Waals surface area contributed by atoms with Crippen LogP contribution in [0.25, 0.3) is 0 Å². The van der Waals surface area contributed by atoms with E-state index in [-0.39, 0.29) is 37.2 Å². The molecule has 3 nitrogen and oxygen atoms in total. The van der Waals surface area contributed by atoms with Crippen LogP contribution < -0.4 is 10.6 Å². The Kier molecular flexibility index (Phi) is 6.22. The molecule has 3 aliphatic rings. The van der Waals surface area contributed by atoms with E-state index in [1.807, 2.05) is 0 Å². The summed E-state index contributed by atoms with van der Waals surface area (Å²) in [6.07, 6.45) is 2.26. The Morgan fingerprint density at radius 2 is 1.70 bits per heavy atom. The number of alkyl halides is 3. The second-order valence-corrected chi connectivity index (χ2v) is 7.35. The van der Waals surface area contributed by atoms with E-state index in [0.717, 1.165) is 12.8 Å². The predicted molar refractivity (Wildman–Crippen MR) is 84.5 cm³/mol. The largest absolute Gasteiger partial charge is 0.391 e. The van der Waals surface area contributed by atoms with Crippen molar-refractivity contribution < 1.29 is 18.0 Å². The van der Waals surface area contributed by atoms with E-state index in [1.54, 1.807) is 0 Å². The summed E-state index contributed by atoms with van der Waals surface area (Å²) in [7, 11) is 0. The number of fused-ring (bicyclic) bond motifs is 2. The van der Waals surface area contributed by atoms with Crippen molar-refractivity contribution in [1.29, 1.82) is 0 Å². The maximum atomic E-state index is 12.8. The number of hydrogen-bond acceptors (Lipinski definition) is 2. The fourth-order valence-electron chi connectivity index (χ4n) is 4.51. The van der Waals surface area contributed by atoms with Crippen molar-refractivity contribution in [3.63, 3.8) is 0 Å². The van der Waals surface area contributed by atoms with Crippen LogP contribution in [0.3, 0.4) is 0 Å². The third kappa shape index (κ3) is 4.99. The maximum Gasteiger partial charge on any atom is 0.391 e. The summed E-state index contributed by atoms with van der Waals surface area (Å²) in [6, 6.07) is 0.785. The lowest BCUT2D eigenvalue weighted by Gasteiger charge is -2.32. The summed E-state index contributed by atoms with van der Waals surface area (Å²) in [5.41, 5.74) is 0. The Morgan fingerprint density at radius 3 is 2.30 bits per heavy atom. The van der Waals surface area contributed by atoms with Crippen molar-refractivity contribution >= 4 is 18.3 Å². The van der Waals surface area contributed by atoms with Crippen molar-refractivity contribution in [2.75, 3.05) is 0 Å². The number of nitrogens with one attached hydrogen (secondary N) is 2. The van der Waals surface area contributed by atoms with Crippen molar-refractivity contribution in [2.24, 2.45) is 11.8 Å². The SMILES string of the molecule is Cl.O=C(CC1CC2CCC(C1)N2)NC1CCCC(C(F)(F)F)C1. The Balaban J connectivity index is 0.00000192. The molecule has 7 heteroatoms. The van der Waals surface area contributed by atoms with Crippen LogP contribution in [0.15, 0.2) is 0 Å². The van der Waals surface area contributed by atoms with Crippen molar-refractivity contribution in [3.8, 4) is 0 Å². The summed E-state index contributed by atoms with van der Waals surface area (Å²) in [5, 5.41) is 6.40. The fourth-order valence-corrected chi connectivity index (χ4v) is 4.51. The van der Waals surface area contributed by atoms with Crippen LogP contribution in [0.1, 0.15) is 57.8 Å². The summed E-state index contributed by atoms with van der Waals surface area (Å²) < 4.78 is 38.4. The first kappa shape index (κ1) is 18.8. The van der Waals surface area contributed by atoms with Gasteiger partial charge in [0.1, 0.15) is 0 Å². The van der Waals surface area contributed by atoms with E-state index < -0.39 is 12.1 Å².